The Morgan fingerprint density at radius 1 is 1.50 bits per heavy atom. The van der Waals surface area contributed by atoms with Gasteiger partial charge in [-0.3, -0.25) is 0 Å². The molecule has 1 aliphatic heterocycles. The highest BCUT2D eigenvalue weighted by Gasteiger charge is 2.31. The molecule has 0 saturated carbocycles. The molecule has 0 aromatic carbocycles. The quantitative estimate of drug-likeness (QED) is 0.797. The topological polar surface area (TPSA) is 59.9 Å². The Balaban J connectivity index is 2.33. The second-order valence-electron chi connectivity index (χ2n) is 5.03. The Labute approximate surface area is 116 Å². The van der Waals surface area contributed by atoms with Gasteiger partial charge in [-0.1, -0.05) is 29.8 Å². The lowest BCUT2D eigenvalue weighted by molar-refractivity contribution is 0.601. The molecule has 0 radical (unpaired) electrons. The van der Waals surface area contributed by atoms with Gasteiger partial charge in [-0.05, 0) is 12.3 Å². The molecular formula is C12H17BrN2O2S. The first kappa shape index (κ1) is 13.9. The maximum atomic E-state index is 11.5. The molecule has 1 aromatic rings. The van der Waals surface area contributed by atoms with Crippen LogP contribution in [0.4, 0.5) is 0 Å². The van der Waals surface area contributed by atoms with Crippen molar-refractivity contribution in [1.29, 1.82) is 0 Å². The lowest BCUT2D eigenvalue weighted by Crippen LogP contribution is -2.10. The van der Waals surface area contributed by atoms with Crippen LogP contribution in [0.1, 0.15) is 49.2 Å². The predicted octanol–water partition coefficient (Wildman–Crippen LogP) is 2.40. The minimum atomic E-state index is -2.88. The highest BCUT2D eigenvalue weighted by molar-refractivity contribution is 9.08. The van der Waals surface area contributed by atoms with Crippen LogP contribution in [0.15, 0.2) is 6.20 Å². The molecule has 2 rings (SSSR count). The lowest BCUT2D eigenvalue weighted by atomic mass is 10.0. The smallest absolute Gasteiger partial charge is 0.151 e. The average molecular weight is 333 g/mol. The predicted molar refractivity (Wildman–Crippen MR) is 74.8 cm³/mol. The molecule has 100 valence electrons. The van der Waals surface area contributed by atoms with E-state index < -0.39 is 9.84 Å². The molecule has 0 bridgehead atoms. The third-order valence-corrected chi connectivity index (χ3v) is 5.58. The first-order chi connectivity index (χ1) is 8.43. The van der Waals surface area contributed by atoms with Crippen LogP contribution >= 0.6 is 15.9 Å². The van der Waals surface area contributed by atoms with Gasteiger partial charge in [0, 0.05) is 23.0 Å². The van der Waals surface area contributed by atoms with Crippen molar-refractivity contribution >= 4 is 25.8 Å². The summed E-state index contributed by atoms with van der Waals surface area (Å²) < 4.78 is 23.0. The van der Waals surface area contributed by atoms with E-state index in [4.69, 9.17) is 0 Å². The van der Waals surface area contributed by atoms with E-state index in [9.17, 15) is 8.42 Å². The molecule has 4 nitrogen and oxygen atoms in total. The molecule has 0 amide bonds. The van der Waals surface area contributed by atoms with Gasteiger partial charge < -0.3 is 0 Å². The molecule has 2 heterocycles. The molecule has 18 heavy (non-hydrogen) atoms. The Morgan fingerprint density at radius 3 is 2.72 bits per heavy atom. The van der Waals surface area contributed by atoms with Crippen LogP contribution in [0.25, 0.3) is 0 Å². The molecule has 1 aliphatic rings. The number of halogens is 1. The SMILES string of the molecule is CC(C)c1nc(C2CCS(=O)(=O)C2)ncc1CBr. The summed E-state index contributed by atoms with van der Waals surface area (Å²) in [6, 6.07) is 0. The minimum absolute atomic E-state index is 0.0307. The van der Waals surface area contributed by atoms with E-state index in [2.05, 4.69) is 39.7 Å². The summed E-state index contributed by atoms with van der Waals surface area (Å²) in [5.74, 6) is 1.43. The van der Waals surface area contributed by atoms with Crippen LogP contribution in [0, 0.1) is 0 Å². The van der Waals surface area contributed by atoms with Gasteiger partial charge in [0.25, 0.3) is 0 Å². The summed E-state index contributed by atoms with van der Waals surface area (Å²) in [7, 11) is -2.88. The van der Waals surface area contributed by atoms with E-state index in [1.54, 1.807) is 0 Å². The molecule has 1 saturated heterocycles. The van der Waals surface area contributed by atoms with Crippen molar-refractivity contribution in [3.05, 3.63) is 23.3 Å². The number of alkyl halides is 1. The zero-order chi connectivity index (χ0) is 13.3. The van der Waals surface area contributed by atoms with Gasteiger partial charge in [0.2, 0.25) is 0 Å². The maximum absolute atomic E-state index is 11.5. The number of nitrogens with zero attached hydrogens (tertiary/aromatic N) is 2. The van der Waals surface area contributed by atoms with Crippen molar-refractivity contribution in [3.63, 3.8) is 0 Å². The summed E-state index contributed by atoms with van der Waals surface area (Å²) in [5, 5.41) is 0.726. The van der Waals surface area contributed by atoms with E-state index in [-0.39, 0.29) is 17.4 Å². The third-order valence-electron chi connectivity index (χ3n) is 3.21. The zero-order valence-electron chi connectivity index (χ0n) is 10.6. The standard InChI is InChI=1S/C12H17BrN2O2S/c1-8(2)11-10(5-13)6-14-12(15-11)9-3-4-18(16,17)7-9/h6,8-9H,3-5,7H2,1-2H3. The highest BCUT2D eigenvalue weighted by Crippen LogP contribution is 2.28. The molecule has 1 atom stereocenters. The van der Waals surface area contributed by atoms with Crippen LogP contribution in [0.5, 0.6) is 0 Å². The molecule has 1 fully saturated rings. The molecule has 1 aromatic heterocycles. The third kappa shape index (κ3) is 2.91. The number of sulfone groups is 1. The lowest BCUT2D eigenvalue weighted by Gasteiger charge is -2.13. The van der Waals surface area contributed by atoms with E-state index in [1.807, 2.05) is 6.20 Å². The van der Waals surface area contributed by atoms with Gasteiger partial charge in [0.1, 0.15) is 5.82 Å². The highest BCUT2D eigenvalue weighted by atomic mass is 79.9. The van der Waals surface area contributed by atoms with E-state index in [0.29, 0.717) is 18.2 Å². The molecule has 6 heteroatoms. The van der Waals surface area contributed by atoms with Gasteiger partial charge in [0.05, 0.1) is 17.2 Å². The number of hydrogen-bond acceptors (Lipinski definition) is 4. The van der Waals surface area contributed by atoms with Crippen molar-refractivity contribution < 1.29 is 8.42 Å². The van der Waals surface area contributed by atoms with Crippen molar-refractivity contribution in [1.82, 2.24) is 9.97 Å². The van der Waals surface area contributed by atoms with Crippen molar-refractivity contribution in [2.24, 2.45) is 0 Å². The van der Waals surface area contributed by atoms with Gasteiger partial charge in [-0.25, -0.2) is 18.4 Å². The summed E-state index contributed by atoms with van der Waals surface area (Å²) in [5.41, 5.74) is 2.09. The Hall–Kier alpha value is -0.490. The van der Waals surface area contributed by atoms with Crippen LogP contribution in [0.3, 0.4) is 0 Å². The van der Waals surface area contributed by atoms with Gasteiger partial charge in [0.15, 0.2) is 9.84 Å². The average Bonchev–Trinajstić information content (AvgIpc) is 2.68. The summed E-state index contributed by atoms with van der Waals surface area (Å²) >= 11 is 3.43. The fraction of sp³-hybridized carbons (Fsp3) is 0.667. The van der Waals surface area contributed by atoms with E-state index >= 15 is 0 Å². The van der Waals surface area contributed by atoms with Crippen molar-refractivity contribution in [2.45, 2.75) is 37.4 Å². The Kier molecular flexibility index (Phi) is 4.06. The summed E-state index contributed by atoms with van der Waals surface area (Å²) in [4.78, 5) is 8.92. The van der Waals surface area contributed by atoms with Crippen LogP contribution in [-0.2, 0) is 15.2 Å². The van der Waals surface area contributed by atoms with Crippen LogP contribution in [-0.4, -0.2) is 29.9 Å². The molecule has 0 spiro atoms. The molecule has 1 unspecified atom stereocenters. The van der Waals surface area contributed by atoms with Crippen LogP contribution < -0.4 is 0 Å². The van der Waals surface area contributed by atoms with Crippen LogP contribution in [0.2, 0.25) is 0 Å². The molecular weight excluding hydrogens is 316 g/mol. The number of aromatic nitrogens is 2. The number of hydrogen-bond donors (Lipinski definition) is 0. The Bertz CT molecular complexity index is 543. The fourth-order valence-corrected chi connectivity index (χ4v) is 4.40. The summed E-state index contributed by atoms with van der Waals surface area (Å²) in [6.45, 7) is 4.17. The summed E-state index contributed by atoms with van der Waals surface area (Å²) in [6.07, 6.45) is 2.46. The van der Waals surface area contributed by atoms with E-state index in [1.165, 1.54) is 0 Å². The maximum Gasteiger partial charge on any atom is 0.151 e. The minimum Gasteiger partial charge on any atom is -0.241 e. The van der Waals surface area contributed by atoms with Gasteiger partial charge in [-0.15, -0.1) is 0 Å². The first-order valence-electron chi connectivity index (χ1n) is 6.05. The molecule has 0 N–H and O–H groups in total. The van der Waals surface area contributed by atoms with Crippen molar-refractivity contribution in [2.75, 3.05) is 11.5 Å². The van der Waals surface area contributed by atoms with Gasteiger partial charge in [-0.2, -0.15) is 0 Å². The number of rotatable bonds is 3. The Morgan fingerprint density at radius 2 is 2.22 bits per heavy atom. The van der Waals surface area contributed by atoms with E-state index in [0.717, 1.165) is 16.6 Å². The normalized spacial score (nSPS) is 22.6. The molecule has 0 aliphatic carbocycles. The monoisotopic (exact) mass is 332 g/mol. The second kappa shape index (κ2) is 5.25. The first-order valence-corrected chi connectivity index (χ1v) is 8.99. The second-order valence-corrected chi connectivity index (χ2v) is 7.82. The fourth-order valence-electron chi connectivity index (χ4n) is 2.23. The van der Waals surface area contributed by atoms with Crippen molar-refractivity contribution in [3.8, 4) is 0 Å². The zero-order valence-corrected chi connectivity index (χ0v) is 13.0. The largest absolute Gasteiger partial charge is 0.241 e. The van der Waals surface area contributed by atoms with Gasteiger partial charge >= 0.3 is 0 Å².